The monoisotopic (exact) mass is 263 g/mol. The van der Waals surface area contributed by atoms with Crippen LogP contribution in [0.5, 0.6) is 0 Å². The summed E-state index contributed by atoms with van der Waals surface area (Å²) in [6.45, 7) is 7.05. The van der Waals surface area contributed by atoms with Crippen molar-refractivity contribution in [1.29, 1.82) is 0 Å². The summed E-state index contributed by atoms with van der Waals surface area (Å²) in [4.78, 5) is 0. The Morgan fingerprint density at radius 2 is 1.83 bits per heavy atom. The molecule has 1 aliphatic rings. The van der Waals surface area contributed by atoms with Gasteiger partial charge in [-0.15, -0.1) is 0 Å². The largest absolute Gasteiger partial charge is 0.251 e. The Kier molecular flexibility index (Phi) is 5.58. The van der Waals surface area contributed by atoms with Gasteiger partial charge in [0.15, 0.2) is 0 Å². The molecule has 0 unspecified atom stereocenters. The molecule has 18 heavy (non-hydrogen) atoms. The lowest BCUT2D eigenvalue weighted by Gasteiger charge is -2.30. The molecule has 0 N–H and O–H groups in total. The Bertz CT molecular complexity index is 339. The molecule has 1 saturated heterocycles. The van der Waals surface area contributed by atoms with E-state index in [1.807, 2.05) is 11.9 Å². The lowest BCUT2D eigenvalue weighted by molar-refractivity contribution is 0.286. The van der Waals surface area contributed by atoms with Gasteiger partial charge in [-0.25, -0.2) is 0 Å². The minimum Gasteiger partial charge on any atom is -0.251 e. The van der Waals surface area contributed by atoms with Crippen LogP contribution in [-0.4, -0.2) is 23.1 Å². The average Bonchev–Trinajstić information content (AvgIpc) is 2.42. The number of nitrogens with zero attached hydrogens (tertiary/aromatic N) is 1. The molecule has 1 nitrogen and oxygen atoms in total. The molecular weight excluding hydrogens is 238 g/mol. The van der Waals surface area contributed by atoms with E-state index in [1.54, 1.807) is 0 Å². The Balaban J connectivity index is 1.65. The summed E-state index contributed by atoms with van der Waals surface area (Å²) in [7, 11) is 0. The fourth-order valence-electron chi connectivity index (χ4n) is 2.49. The van der Waals surface area contributed by atoms with Gasteiger partial charge in [-0.2, -0.15) is 0 Å². The smallest absolute Gasteiger partial charge is 0.0121 e. The molecule has 0 spiro atoms. The van der Waals surface area contributed by atoms with Crippen LogP contribution < -0.4 is 0 Å². The molecule has 0 radical (unpaired) electrons. The quantitative estimate of drug-likeness (QED) is 0.728. The Labute approximate surface area is 116 Å². The summed E-state index contributed by atoms with van der Waals surface area (Å²) in [6.07, 6.45) is 5.35. The summed E-state index contributed by atoms with van der Waals surface area (Å²) < 4.78 is 2.57. The number of aryl methyl sites for hydroxylation is 2. The fraction of sp³-hybridized carbons (Fsp3) is 0.625. The van der Waals surface area contributed by atoms with Crippen molar-refractivity contribution in [3.8, 4) is 0 Å². The molecule has 0 atom stereocenters. The van der Waals surface area contributed by atoms with Crippen molar-refractivity contribution in [3.63, 3.8) is 0 Å². The number of rotatable bonds is 5. The van der Waals surface area contributed by atoms with Crippen molar-refractivity contribution < 1.29 is 0 Å². The molecule has 1 heterocycles. The van der Waals surface area contributed by atoms with Gasteiger partial charge >= 0.3 is 0 Å². The van der Waals surface area contributed by atoms with Crippen molar-refractivity contribution >= 4 is 11.9 Å². The van der Waals surface area contributed by atoms with E-state index >= 15 is 0 Å². The normalized spacial score (nSPS) is 18.1. The number of hydrogen-bond acceptors (Lipinski definition) is 2. The molecule has 2 rings (SSSR count). The molecule has 0 aliphatic carbocycles. The van der Waals surface area contributed by atoms with E-state index in [0.717, 1.165) is 5.92 Å². The number of benzene rings is 1. The van der Waals surface area contributed by atoms with Gasteiger partial charge in [-0.3, -0.25) is 4.31 Å². The van der Waals surface area contributed by atoms with Gasteiger partial charge in [0.1, 0.15) is 0 Å². The highest BCUT2D eigenvalue weighted by Gasteiger charge is 2.17. The second-order valence-electron chi connectivity index (χ2n) is 5.35. The zero-order valence-corrected chi connectivity index (χ0v) is 12.5. The third-order valence-electron chi connectivity index (χ3n) is 3.94. The van der Waals surface area contributed by atoms with E-state index in [4.69, 9.17) is 0 Å². The first kappa shape index (κ1) is 14.0. The maximum Gasteiger partial charge on any atom is 0.0121 e. The maximum absolute atomic E-state index is 2.57. The average molecular weight is 263 g/mol. The lowest BCUT2D eigenvalue weighted by Crippen LogP contribution is -2.28. The first-order valence-electron chi connectivity index (χ1n) is 7.21. The first-order valence-corrected chi connectivity index (χ1v) is 8.15. The van der Waals surface area contributed by atoms with Crippen LogP contribution in [0.25, 0.3) is 0 Å². The van der Waals surface area contributed by atoms with Crippen molar-refractivity contribution in [2.45, 2.75) is 39.5 Å². The Hall–Kier alpha value is -0.470. The van der Waals surface area contributed by atoms with E-state index in [-0.39, 0.29) is 0 Å². The molecule has 1 aromatic carbocycles. The highest BCUT2D eigenvalue weighted by molar-refractivity contribution is 7.97. The third-order valence-corrected chi connectivity index (χ3v) is 5.05. The minimum absolute atomic E-state index is 0.985. The van der Waals surface area contributed by atoms with E-state index < -0.39 is 0 Å². The maximum atomic E-state index is 2.57. The zero-order chi connectivity index (χ0) is 12.8. The molecule has 1 fully saturated rings. The van der Waals surface area contributed by atoms with E-state index in [2.05, 4.69) is 42.4 Å². The second kappa shape index (κ2) is 7.20. The van der Waals surface area contributed by atoms with Crippen LogP contribution in [0.1, 0.15) is 37.3 Å². The van der Waals surface area contributed by atoms with Gasteiger partial charge in [-0.05, 0) is 37.7 Å². The third kappa shape index (κ3) is 4.33. The van der Waals surface area contributed by atoms with Gasteiger partial charge in [0, 0.05) is 18.8 Å². The standard InChI is InChI=1S/C16H25NS/c1-3-15-8-11-17(12-9-15)18-13-10-16-6-4-14(2)5-7-16/h4-7,15H,3,8-13H2,1-2H3. The van der Waals surface area contributed by atoms with Gasteiger partial charge in [-0.1, -0.05) is 55.1 Å². The SMILES string of the molecule is CCC1CCN(SCCc2ccc(C)cc2)CC1. The van der Waals surface area contributed by atoms with Crippen LogP contribution in [0, 0.1) is 12.8 Å². The predicted octanol–water partition coefficient (Wildman–Crippen LogP) is 4.31. The van der Waals surface area contributed by atoms with Gasteiger partial charge in [0.05, 0.1) is 0 Å². The molecule has 0 amide bonds. The molecular formula is C16H25NS. The Morgan fingerprint density at radius 1 is 1.17 bits per heavy atom. The van der Waals surface area contributed by atoms with Gasteiger partial charge < -0.3 is 0 Å². The highest BCUT2D eigenvalue weighted by atomic mass is 32.2. The molecule has 1 aromatic rings. The van der Waals surface area contributed by atoms with Crippen molar-refractivity contribution in [2.75, 3.05) is 18.8 Å². The van der Waals surface area contributed by atoms with Gasteiger partial charge in [0.25, 0.3) is 0 Å². The van der Waals surface area contributed by atoms with Crippen LogP contribution in [0.15, 0.2) is 24.3 Å². The van der Waals surface area contributed by atoms with Crippen molar-refractivity contribution in [2.24, 2.45) is 5.92 Å². The summed E-state index contributed by atoms with van der Waals surface area (Å²) >= 11 is 2.04. The number of hydrogen-bond donors (Lipinski definition) is 0. The fourth-order valence-corrected chi connectivity index (χ4v) is 3.55. The molecule has 0 saturated carbocycles. The molecule has 100 valence electrons. The highest BCUT2D eigenvalue weighted by Crippen LogP contribution is 2.25. The van der Waals surface area contributed by atoms with Crippen LogP contribution in [0.4, 0.5) is 0 Å². The summed E-state index contributed by atoms with van der Waals surface area (Å²) in [5, 5.41) is 0. The van der Waals surface area contributed by atoms with Crippen LogP contribution in [0.3, 0.4) is 0 Å². The molecule has 2 heteroatoms. The predicted molar refractivity (Wildman–Crippen MR) is 81.9 cm³/mol. The van der Waals surface area contributed by atoms with Crippen molar-refractivity contribution in [3.05, 3.63) is 35.4 Å². The molecule has 0 aromatic heterocycles. The number of piperidine rings is 1. The van der Waals surface area contributed by atoms with E-state index in [9.17, 15) is 0 Å². The minimum atomic E-state index is 0.985. The summed E-state index contributed by atoms with van der Waals surface area (Å²) in [6, 6.07) is 8.96. The van der Waals surface area contributed by atoms with E-state index in [1.165, 1.54) is 55.7 Å². The van der Waals surface area contributed by atoms with Crippen molar-refractivity contribution in [1.82, 2.24) is 4.31 Å². The van der Waals surface area contributed by atoms with Crippen LogP contribution >= 0.6 is 11.9 Å². The molecule has 0 bridgehead atoms. The van der Waals surface area contributed by atoms with Crippen LogP contribution in [-0.2, 0) is 6.42 Å². The first-order chi connectivity index (χ1) is 8.78. The summed E-state index contributed by atoms with van der Waals surface area (Å²) in [5.41, 5.74) is 2.82. The summed E-state index contributed by atoms with van der Waals surface area (Å²) in [5.74, 6) is 2.21. The lowest BCUT2D eigenvalue weighted by atomic mass is 9.96. The van der Waals surface area contributed by atoms with Gasteiger partial charge in [0.2, 0.25) is 0 Å². The Morgan fingerprint density at radius 3 is 2.44 bits per heavy atom. The second-order valence-corrected chi connectivity index (χ2v) is 6.53. The van der Waals surface area contributed by atoms with Crippen LogP contribution in [0.2, 0.25) is 0 Å². The topological polar surface area (TPSA) is 3.24 Å². The van der Waals surface area contributed by atoms with E-state index in [0.29, 0.717) is 0 Å². The molecule has 1 aliphatic heterocycles. The zero-order valence-electron chi connectivity index (χ0n) is 11.7.